The van der Waals surface area contributed by atoms with E-state index in [0.29, 0.717) is 0 Å². The van der Waals surface area contributed by atoms with E-state index in [4.69, 9.17) is 0 Å². The average molecular weight is 282 g/mol. The van der Waals surface area contributed by atoms with Gasteiger partial charge >= 0.3 is 6.18 Å². The summed E-state index contributed by atoms with van der Waals surface area (Å²) in [5.74, 6) is -0.834. The number of ketones is 1. The van der Waals surface area contributed by atoms with Crippen LogP contribution in [-0.2, 0) is 4.79 Å². The smallest absolute Gasteiger partial charge is 0.382 e. The van der Waals surface area contributed by atoms with Crippen LogP contribution in [0.1, 0.15) is 34.1 Å². The molecule has 1 aliphatic rings. The highest BCUT2D eigenvalue weighted by Crippen LogP contribution is 2.37. The molecule has 1 rings (SSSR count). The van der Waals surface area contributed by atoms with Gasteiger partial charge in [-0.05, 0) is 12.3 Å². The van der Waals surface area contributed by atoms with Gasteiger partial charge in [-0.2, -0.15) is 13.2 Å². The van der Waals surface area contributed by atoms with E-state index in [9.17, 15) is 23.1 Å². The zero-order valence-corrected chi connectivity index (χ0v) is 11.6. The van der Waals surface area contributed by atoms with Crippen LogP contribution in [-0.4, -0.2) is 41.4 Å². The summed E-state index contributed by atoms with van der Waals surface area (Å²) in [5.41, 5.74) is -5.09. The van der Waals surface area contributed by atoms with Gasteiger partial charge < -0.3 is 5.11 Å². The van der Waals surface area contributed by atoms with Crippen LogP contribution < -0.4 is 10.6 Å². The Morgan fingerprint density at radius 3 is 1.89 bits per heavy atom. The maximum absolute atomic E-state index is 13.1. The Labute approximate surface area is 110 Å². The van der Waals surface area contributed by atoms with Gasteiger partial charge in [0.15, 0.2) is 11.4 Å². The van der Waals surface area contributed by atoms with Crippen molar-refractivity contribution in [2.24, 2.45) is 5.41 Å². The number of carbonyl (C=O) groups excluding carboxylic acids is 1. The Hall–Kier alpha value is -0.660. The van der Waals surface area contributed by atoms with Crippen LogP contribution >= 0.6 is 0 Å². The molecule has 3 N–H and O–H groups in total. The Morgan fingerprint density at radius 2 is 1.58 bits per heavy atom. The molecule has 1 aliphatic heterocycles. The number of carbonyl (C=O) groups is 1. The molecule has 0 amide bonds. The minimum absolute atomic E-state index is 0.129. The van der Waals surface area contributed by atoms with E-state index >= 15 is 0 Å². The molecule has 0 radical (unpaired) electrons. The molecule has 0 aromatic rings. The highest BCUT2D eigenvalue weighted by molar-refractivity contribution is 5.88. The van der Waals surface area contributed by atoms with Crippen molar-refractivity contribution in [3.63, 3.8) is 0 Å². The Bertz CT molecular complexity index is 353. The summed E-state index contributed by atoms with van der Waals surface area (Å²) in [5, 5.41) is 14.8. The standard InChI is InChI=1S/C12H21F3N2O2/c1-9(2,3)10(4,19)8(18)7-11(12(13,14)15)16-5-6-17-11/h16-17,19H,5-7H2,1-4H3. The maximum atomic E-state index is 13.1. The summed E-state index contributed by atoms with van der Waals surface area (Å²) in [6.45, 7) is 6.35. The number of rotatable bonds is 3. The van der Waals surface area contributed by atoms with Gasteiger partial charge in [-0.25, -0.2) is 0 Å². The largest absolute Gasteiger partial charge is 0.420 e. The number of halogens is 3. The van der Waals surface area contributed by atoms with E-state index in [-0.39, 0.29) is 13.1 Å². The van der Waals surface area contributed by atoms with Gasteiger partial charge in [-0.15, -0.1) is 0 Å². The molecule has 1 unspecified atom stereocenters. The molecule has 0 aromatic heterocycles. The molecule has 0 aromatic carbocycles. The maximum Gasteiger partial charge on any atom is 0.420 e. The number of aliphatic hydroxyl groups is 1. The lowest BCUT2D eigenvalue weighted by atomic mass is 9.73. The van der Waals surface area contributed by atoms with Crippen molar-refractivity contribution in [3.05, 3.63) is 0 Å². The van der Waals surface area contributed by atoms with Gasteiger partial charge in [0.25, 0.3) is 0 Å². The number of alkyl halides is 3. The first-order valence-corrected chi connectivity index (χ1v) is 6.16. The SMILES string of the molecule is CC(C)(C)C(C)(O)C(=O)CC1(C(F)(F)F)NCCN1. The second-order valence-electron chi connectivity index (χ2n) is 6.18. The van der Waals surface area contributed by atoms with E-state index in [2.05, 4.69) is 10.6 Å². The number of hydrogen-bond acceptors (Lipinski definition) is 4. The third-order valence-corrected chi connectivity index (χ3v) is 3.89. The van der Waals surface area contributed by atoms with Crippen LogP contribution in [0.3, 0.4) is 0 Å². The van der Waals surface area contributed by atoms with E-state index in [0.717, 1.165) is 0 Å². The van der Waals surface area contributed by atoms with Crippen molar-refractivity contribution in [1.29, 1.82) is 0 Å². The molecule has 1 atom stereocenters. The number of hydrogen-bond donors (Lipinski definition) is 3. The van der Waals surface area contributed by atoms with Gasteiger partial charge in [0.1, 0.15) is 5.60 Å². The second kappa shape index (κ2) is 4.71. The molecular weight excluding hydrogens is 261 g/mol. The Balaban J connectivity index is 2.97. The predicted molar refractivity (Wildman–Crippen MR) is 64.5 cm³/mol. The van der Waals surface area contributed by atoms with Crippen LogP contribution in [0.2, 0.25) is 0 Å². The van der Waals surface area contributed by atoms with Gasteiger partial charge in [0.2, 0.25) is 0 Å². The summed E-state index contributed by atoms with van der Waals surface area (Å²) in [6.07, 6.45) is -5.44. The minimum atomic E-state index is -4.60. The summed E-state index contributed by atoms with van der Waals surface area (Å²) in [7, 11) is 0. The molecule has 0 spiro atoms. The molecule has 7 heteroatoms. The Kier molecular flexibility index (Phi) is 4.07. The summed E-state index contributed by atoms with van der Waals surface area (Å²) < 4.78 is 39.3. The molecule has 19 heavy (non-hydrogen) atoms. The van der Waals surface area contributed by atoms with E-state index < -0.39 is 35.1 Å². The van der Waals surface area contributed by atoms with Crippen molar-refractivity contribution in [1.82, 2.24) is 10.6 Å². The lowest BCUT2D eigenvalue weighted by molar-refractivity contribution is -0.205. The van der Waals surface area contributed by atoms with Gasteiger partial charge in [0, 0.05) is 19.5 Å². The first-order valence-electron chi connectivity index (χ1n) is 6.16. The lowest BCUT2D eigenvalue weighted by Crippen LogP contribution is -2.64. The van der Waals surface area contributed by atoms with Crippen molar-refractivity contribution in [2.75, 3.05) is 13.1 Å². The predicted octanol–water partition coefficient (Wildman–Crippen LogP) is 1.19. The monoisotopic (exact) mass is 282 g/mol. The van der Waals surface area contributed by atoms with Crippen molar-refractivity contribution >= 4 is 5.78 Å². The van der Waals surface area contributed by atoms with Crippen molar-refractivity contribution in [2.45, 2.75) is 51.6 Å². The van der Waals surface area contributed by atoms with Gasteiger partial charge in [-0.1, -0.05) is 20.8 Å². The fraction of sp³-hybridized carbons (Fsp3) is 0.917. The van der Waals surface area contributed by atoms with Crippen LogP contribution in [0.25, 0.3) is 0 Å². The summed E-state index contributed by atoms with van der Waals surface area (Å²) >= 11 is 0. The van der Waals surface area contributed by atoms with Crippen LogP contribution in [0.15, 0.2) is 0 Å². The van der Waals surface area contributed by atoms with Gasteiger partial charge in [0.05, 0.1) is 0 Å². The van der Waals surface area contributed by atoms with E-state index in [1.54, 1.807) is 20.8 Å². The minimum Gasteiger partial charge on any atom is -0.382 e. The summed E-state index contributed by atoms with van der Waals surface area (Å²) in [6, 6.07) is 0. The fourth-order valence-electron chi connectivity index (χ4n) is 1.87. The molecule has 0 aliphatic carbocycles. The zero-order valence-electron chi connectivity index (χ0n) is 11.6. The fourth-order valence-corrected chi connectivity index (χ4v) is 1.87. The van der Waals surface area contributed by atoms with Crippen LogP contribution in [0.5, 0.6) is 0 Å². The third kappa shape index (κ3) is 2.93. The second-order valence-corrected chi connectivity index (χ2v) is 6.18. The van der Waals surface area contributed by atoms with E-state index in [1.807, 2.05) is 0 Å². The molecule has 1 heterocycles. The molecule has 112 valence electrons. The normalized spacial score (nSPS) is 23.2. The highest BCUT2D eigenvalue weighted by atomic mass is 19.4. The molecule has 0 bridgehead atoms. The van der Waals surface area contributed by atoms with Gasteiger partial charge in [-0.3, -0.25) is 15.4 Å². The quantitative estimate of drug-likeness (QED) is 0.728. The van der Waals surface area contributed by atoms with Crippen LogP contribution in [0, 0.1) is 5.41 Å². The van der Waals surface area contributed by atoms with Crippen molar-refractivity contribution < 1.29 is 23.1 Å². The summed E-state index contributed by atoms with van der Waals surface area (Å²) in [4.78, 5) is 12.1. The number of Topliss-reactive ketones (excluding diaryl/α,β-unsaturated/α-hetero) is 1. The highest BCUT2D eigenvalue weighted by Gasteiger charge is 2.59. The topological polar surface area (TPSA) is 61.4 Å². The van der Waals surface area contributed by atoms with E-state index in [1.165, 1.54) is 6.92 Å². The van der Waals surface area contributed by atoms with Crippen LogP contribution in [0.4, 0.5) is 13.2 Å². The molecular formula is C12H21F3N2O2. The number of nitrogens with one attached hydrogen (secondary N) is 2. The molecule has 1 fully saturated rings. The Morgan fingerprint density at radius 1 is 1.16 bits per heavy atom. The lowest BCUT2D eigenvalue weighted by Gasteiger charge is -2.39. The molecule has 4 nitrogen and oxygen atoms in total. The zero-order chi connectivity index (χ0) is 15.1. The molecule has 0 saturated carbocycles. The molecule has 1 saturated heterocycles. The average Bonchev–Trinajstić information content (AvgIpc) is 2.64. The first kappa shape index (κ1) is 16.4. The van der Waals surface area contributed by atoms with Crippen molar-refractivity contribution in [3.8, 4) is 0 Å². The third-order valence-electron chi connectivity index (χ3n) is 3.89. The first-order chi connectivity index (χ1) is 8.33.